The highest BCUT2D eigenvalue weighted by atomic mass is 16.5. The van der Waals surface area contributed by atoms with Crippen molar-refractivity contribution in [2.45, 2.75) is 25.9 Å². The van der Waals surface area contributed by atoms with Gasteiger partial charge >= 0.3 is 0 Å². The van der Waals surface area contributed by atoms with Crippen LogP contribution >= 0.6 is 0 Å². The molecule has 0 saturated carbocycles. The van der Waals surface area contributed by atoms with Gasteiger partial charge in [-0.15, -0.1) is 10.3 Å². The zero-order valence-electron chi connectivity index (χ0n) is 8.39. The van der Waals surface area contributed by atoms with E-state index in [1.807, 2.05) is 37.3 Å². The first-order chi connectivity index (χ1) is 6.77. The molecule has 0 aliphatic heterocycles. The molecule has 0 saturated heterocycles. The van der Waals surface area contributed by atoms with E-state index in [9.17, 15) is 5.21 Å². The van der Waals surface area contributed by atoms with Crippen LogP contribution in [0, 0.1) is 0 Å². The predicted octanol–water partition coefficient (Wildman–Crippen LogP) is 1.60. The second kappa shape index (κ2) is 5.75. The summed E-state index contributed by atoms with van der Waals surface area (Å²) < 4.78 is 0. The van der Waals surface area contributed by atoms with Crippen molar-refractivity contribution in [1.29, 1.82) is 0 Å². The molecule has 3 nitrogen and oxygen atoms in total. The minimum absolute atomic E-state index is 0.0766. The van der Waals surface area contributed by atoms with Gasteiger partial charge in [0.1, 0.15) is 0 Å². The van der Waals surface area contributed by atoms with Gasteiger partial charge in [-0.3, -0.25) is 0 Å². The van der Waals surface area contributed by atoms with Crippen molar-refractivity contribution < 1.29 is 10.3 Å². The molecule has 0 heterocycles. The minimum atomic E-state index is -0.282. The van der Waals surface area contributed by atoms with Crippen LogP contribution in [0.3, 0.4) is 0 Å². The molecule has 0 aromatic heterocycles. The van der Waals surface area contributed by atoms with Gasteiger partial charge in [-0.1, -0.05) is 37.3 Å². The second-order valence-electron chi connectivity index (χ2n) is 3.31. The molecule has 1 aromatic rings. The van der Waals surface area contributed by atoms with Crippen molar-refractivity contribution >= 4 is 0 Å². The van der Waals surface area contributed by atoms with E-state index in [-0.39, 0.29) is 12.6 Å². The van der Waals surface area contributed by atoms with E-state index < -0.39 is 0 Å². The first-order valence-electron chi connectivity index (χ1n) is 4.86. The minimum Gasteiger partial charge on any atom is -0.395 e. The molecule has 0 amide bonds. The summed E-state index contributed by atoms with van der Waals surface area (Å²) in [7, 11) is 0. The lowest BCUT2D eigenvalue weighted by Crippen LogP contribution is -2.32. The van der Waals surface area contributed by atoms with Crippen LogP contribution < -0.4 is 0 Å². The number of hydroxylamine groups is 2. The molecule has 3 heteroatoms. The second-order valence-corrected chi connectivity index (χ2v) is 3.31. The summed E-state index contributed by atoms with van der Waals surface area (Å²) in [6, 6.07) is 9.27. The van der Waals surface area contributed by atoms with Crippen LogP contribution in [0.4, 0.5) is 0 Å². The Kier molecular flexibility index (Phi) is 4.59. The smallest absolute Gasteiger partial charge is 0.0615 e. The molecule has 1 rings (SSSR count). The van der Waals surface area contributed by atoms with Crippen molar-refractivity contribution in [1.82, 2.24) is 5.06 Å². The average Bonchev–Trinajstić information content (AvgIpc) is 2.21. The number of hydrogen-bond acceptors (Lipinski definition) is 2. The lowest BCUT2D eigenvalue weighted by atomic mass is 10.2. The highest BCUT2D eigenvalue weighted by Crippen LogP contribution is 2.07. The number of aliphatic hydroxyl groups excluding tert-OH is 1. The summed E-state index contributed by atoms with van der Waals surface area (Å²) >= 11 is 0. The third-order valence-electron chi connectivity index (χ3n) is 2.27. The summed E-state index contributed by atoms with van der Waals surface area (Å²) in [6.07, 6.45) is 0.673. The standard InChI is InChI=1S/C11H16NO2/c1-2-11(9-13)12(14)8-10-6-4-3-5-7-10/h3-7,11,13H,2,8-9H2,1H3/t11-/m1/s1. The zero-order valence-corrected chi connectivity index (χ0v) is 8.39. The van der Waals surface area contributed by atoms with E-state index >= 15 is 0 Å². The van der Waals surface area contributed by atoms with Crippen LogP contribution in [0.15, 0.2) is 30.3 Å². The predicted molar refractivity (Wildman–Crippen MR) is 53.8 cm³/mol. The Bertz CT molecular complexity index is 247. The van der Waals surface area contributed by atoms with Crippen LogP contribution in [0.2, 0.25) is 0 Å². The van der Waals surface area contributed by atoms with E-state index in [2.05, 4.69) is 0 Å². The molecule has 77 valence electrons. The van der Waals surface area contributed by atoms with Crippen LogP contribution in [0.5, 0.6) is 0 Å². The third kappa shape index (κ3) is 3.10. The maximum Gasteiger partial charge on any atom is 0.0615 e. The van der Waals surface area contributed by atoms with E-state index in [1.165, 1.54) is 0 Å². The molecule has 14 heavy (non-hydrogen) atoms. The summed E-state index contributed by atoms with van der Waals surface area (Å²) in [5.41, 5.74) is 0.981. The van der Waals surface area contributed by atoms with Crippen molar-refractivity contribution in [3.05, 3.63) is 35.9 Å². The topological polar surface area (TPSA) is 43.4 Å². The lowest BCUT2D eigenvalue weighted by Gasteiger charge is -2.20. The van der Waals surface area contributed by atoms with Crippen LogP contribution in [0.1, 0.15) is 18.9 Å². The fourth-order valence-electron chi connectivity index (χ4n) is 1.32. The van der Waals surface area contributed by atoms with E-state index in [4.69, 9.17) is 5.11 Å². The van der Waals surface area contributed by atoms with Gasteiger partial charge < -0.3 is 5.11 Å². The van der Waals surface area contributed by atoms with Crippen LogP contribution in [-0.2, 0) is 11.8 Å². The monoisotopic (exact) mass is 194 g/mol. The zero-order chi connectivity index (χ0) is 10.4. The van der Waals surface area contributed by atoms with Gasteiger partial charge in [-0.25, -0.2) is 0 Å². The first kappa shape index (κ1) is 11.2. The Hall–Kier alpha value is -0.900. The molecule has 1 atom stereocenters. The first-order valence-corrected chi connectivity index (χ1v) is 4.86. The van der Waals surface area contributed by atoms with Crippen molar-refractivity contribution in [3.63, 3.8) is 0 Å². The van der Waals surface area contributed by atoms with Gasteiger partial charge in [0, 0.05) is 0 Å². The number of hydrogen-bond donors (Lipinski definition) is 1. The Labute approximate surface area is 84.6 Å². The van der Waals surface area contributed by atoms with Gasteiger partial charge in [-0.05, 0) is 12.0 Å². The number of nitrogens with zero attached hydrogens (tertiary/aromatic N) is 1. The molecular weight excluding hydrogens is 178 g/mol. The Morgan fingerprint density at radius 3 is 2.50 bits per heavy atom. The molecule has 0 unspecified atom stereocenters. The number of rotatable bonds is 5. The number of benzene rings is 1. The largest absolute Gasteiger partial charge is 0.395 e. The van der Waals surface area contributed by atoms with E-state index in [0.717, 1.165) is 10.6 Å². The molecule has 1 radical (unpaired) electrons. The summed E-state index contributed by atoms with van der Waals surface area (Å²) in [4.78, 5) is 0. The van der Waals surface area contributed by atoms with E-state index in [0.29, 0.717) is 13.0 Å². The van der Waals surface area contributed by atoms with Crippen LogP contribution in [0.25, 0.3) is 0 Å². The van der Waals surface area contributed by atoms with Crippen LogP contribution in [-0.4, -0.2) is 22.8 Å². The Morgan fingerprint density at radius 1 is 1.36 bits per heavy atom. The van der Waals surface area contributed by atoms with Gasteiger partial charge in [0.25, 0.3) is 0 Å². The van der Waals surface area contributed by atoms with Gasteiger partial charge in [-0.2, -0.15) is 0 Å². The van der Waals surface area contributed by atoms with Gasteiger partial charge in [0.05, 0.1) is 19.2 Å². The molecule has 1 aromatic carbocycles. The van der Waals surface area contributed by atoms with Crippen molar-refractivity contribution in [2.75, 3.05) is 6.61 Å². The third-order valence-corrected chi connectivity index (χ3v) is 2.27. The average molecular weight is 194 g/mol. The van der Waals surface area contributed by atoms with Gasteiger partial charge in [0.15, 0.2) is 0 Å². The summed E-state index contributed by atoms with van der Waals surface area (Å²) in [6.45, 7) is 2.17. The number of aliphatic hydroxyl groups is 1. The molecule has 0 aliphatic carbocycles. The molecule has 0 bridgehead atoms. The highest BCUT2D eigenvalue weighted by Gasteiger charge is 2.14. The van der Waals surface area contributed by atoms with Crippen molar-refractivity contribution in [3.8, 4) is 0 Å². The summed E-state index contributed by atoms with van der Waals surface area (Å²) in [5.74, 6) is 0. The maximum absolute atomic E-state index is 11.5. The molecule has 1 N–H and O–H groups in total. The Morgan fingerprint density at radius 2 is 2.00 bits per heavy atom. The Balaban J connectivity index is 2.52. The summed E-state index contributed by atoms with van der Waals surface area (Å²) in [5, 5.41) is 21.4. The quantitative estimate of drug-likeness (QED) is 0.723. The fourth-order valence-corrected chi connectivity index (χ4v) is 1.32. The molecular formula is C11H16NO2. The maximum atomic E-state index is 11.5. The van der Waals surface area contributed by atoms with E-state index in [1.54, 1.807) is 0 Å². The molecule has 0 spiro atoms. The lowest BCUT2D eigenvalue weighted by molar-refractivity contribution is -0.202. The van der Waals surface area contributed by atoms with Crippen molar-refractivity contribution in [2.24, 2.45) is 0 Å². The van der Waals surface area contributed by atoms with Gasteiger partial charge in [0.2, 0.25) is 0 Å². The fraction of sp³-hybridized carbons (Fsp3) is 0.455. The highest BCUT2D eigenvalue weighted by molar-refractivity contribution is 5.14. The SMILES string of the molecule is CC[C@H](CO)N([O])Cc1ccccc1. The normalized spacial score (nSPS) is 13.1. The molecule has 0 fully saturated rings. The molecule has 0 aliphatic rings.